The van der Waals surface area contributed by atoms with Gasteiger partial charge in [-0.15, -0.1) is 11.3 Å². The maximum absolute atomic E-state index is 12.5. The first-order valence-electron chi connectivity index (χ1n) is 12.5. The van der Waals surface area contributed by atoms with Gasteiger partial charge < -0.3 is 9.64 Å². The summed E-state index contributed by atoms with van der Waals surface area (Å²) in [5, 5.41) is 1.25. The minimum absolute atomic E-state index is 0.0686. The molecular weight excluding hydrogens is 430 g/mol. The van der Waals surface area contributed by atoms with Crippen LogP contribution in [0, 0.1) is 5.92 Å². The number of carbonyl (C=O) groups excluding carboxylic acids is 1. The van der Waals surface area contributed by atoms with Gasteiger partial charge in [-0.2, -0.15) is 0 Å². The van der Waals surface area contributed by atoms with Crippen molar-refractivity contribution in [2.45, 2.75) is 64.7 Å². The van der Waals surface area contributed by atoms with Crippen LogP contribution in [0.25, 0.3) is 10.2 Å². The topological polar surface area (TPSA) is 55.3 Å². The van der Waals surface area contributed by atoms with Gasteiger partial charge in [0.25, 0.3) is 0 Å². The summed E-state index contributed by atoms with van der Waals surface area (Å²) in [5.41, 5.74) is 2.78. The first kappa shape index (κ1) is 22.3. The van der Waals surface area contributed by atoms with Crippen LogP contribution in [0.4, 0.5) is 5.82 Å². The Balaban J connectivity index is 1.51. The highest BCUT2D eigenvalue weighted by Gasteiger charge is 2.30. The molecule has 2 aliphatic rings. The number of ether oxygens (including phenoxy) is 1. The number of fused-ring (bicyclic) bond motifs is 3. The molecule has 3 heterocycles. The minimum atomic E-state index is -0.0753. The Morgan fingerprint density at radius 1 is 1.09 bits per heavy atom. The standard InChI is InChI=1S/C27H33N3O2S/c1-2-32-27(31)20-12-9-17-30(18-20)25-24-21-13-7-4-8-14-22(21)33-26(24)29-23(28-25)16-15-19-10-5-3-6-11-19/h3,5-6,10-11,20H,2,4,7-9,12-18H2,1H3/t20-/m0/s1. The Kier molecular flexibility index (Phi) is 6.91. The lowest BCUT2D eigenvalue weighted by atomic mass is 9.97. The Labute approximate surface area is 200 Å². The van der Waals surface area contributed by atoms with Gasteiger partial charge in [-0.25, -0.2) is 9.97 Å². The Morgan fingerprint density at radius 2 is 1.94 bits per heavy atom. The number of carbonyl (C=O) groups is 1. The summed E-state index contributed by atoms with van der Waals surface area (Å²) in [5.74, 6) is 1.82. The number of aryl methyl sites for hydroxylation is 4. The molecule has 5 rings (SSSR count). The van der Waals surface area contributed by atoms with Gasteiger partial charge in [-0.1, -0.05) is 36.8 Å². The lowest BCUT2D eigenvalue weighted by Gasteiger charge is -2.33. The van der Waals surface area contributed by atoms with Crippen LogP contribution in [0.15, 0.2) is 30.3 Å². The van der Waals surface area contributed by atoms with E-state index in [1.807, 2.05) is 18.3 Å². The number of thiophene rings is 1. The van der Waals surface area contributed by atoms with Gasteiger partial charge >= 0.3 is 5.97 Å². The molecule has 1 fully saturated rings. The molecule has 0 radical (unpaired) electrons. The summed E-state index contributed by atoms with van der Waals surface area (Å²) in [6.07, 6.45) is 9.70. The van der Waals surface area contributed by atoms with Crippen LogP contribution < -0.4 is 4.90 Å². The fourth-order valence-electron chi connectivity index (χ4n) is 5.22. The predicted octanol–water partition coefficient (Wildman–Crippen LogP) is 5.52. The largest absolute Gasteiger partial charge is 0.466 e. The highest BCUT2D eigenvalue weighted by atomic mass is 32.1. The maximum atomic E-state index is 12.5. The predicted molar refractivity (Wildman–Crippen MR) is 134 cm³/mol. The van der Waals surface area contributed by atoms with E-state index in [9.17, 15) is 4.79 Å². The van der Waals surface area contributed by atoms with Crippen LogP contribution in [0.2, 0.25) is 0 Å². The van der Waals surface area contributed by atoms with Gasteiger partial charge in [-0.3, -0.25) is 4.79 Å². The molecular formula is C27H33N3O2S. The molecule has 0 amide bonds. The fourth-order valence-corrected chi connectivity index (χ4v) is 6.50. The first-order chi connectivity index (χ1) is 16.2. The third kappa shape index (κ3) is 4.91. The minimum Gasteiger partial charge on any atom is -0.466 e. The summed E-state index contributed by atoms with van der Waals surface area (Å²) in [4.78, 5) is 27.7. The van der Waals surface area contributed by atoms with E-state index in [0.29, 0.717) is 13.2 Å². The lowest BCUT2D eigenvalue weighted by molar-refractivity contribution is -0.148. The molecule has 0 N–H and O–H groups in total. The number of nitrogens with zero attached hydrogens (tertiary/aromatic N) is 3. The normalized spacial score (nSPS) is 18.7. The molecule has 0 saturated carbocycles. The van der Waals surface area contributed by atoms with E-state index < -0.39 is 0 Å². The Morgan fingerprint density at radius 3 is 2.79 bits per heavy atom. The van der Waals surface area contributed by atoms with Crippen molar-refractivity contribution in [2.75, 3.05) is 24.6 Å². The molecule has 1 saturated heterocycles. The van der Waals surface area contributed by atoms with Gasteiger partial charge in [-0.05, 0) is 63.0 Å². The number of hydrogen-bond acceptors (Lipinski definition) is 6. The zero-order valence-electron chi connectivity index (χ0n) is 19.5. The molecule has 6 heteroatoms. The van der Waals surface area contributed by atoms with Gasteiger partial charge in [0.2, 0.25) is 0 Å². The number of hydrogen-bond donors (Lipinski definition) is 0. The molecule has 174 valence electrons. The molecule has 1 aliphatic carbocycles. The van der Waals surface area contributed by atoms with E-state index in [1.54, 1.807) is 0 Å². The van der Waals surface area contributed by atoms with Crippen molar-refractivity contribution < 1.29 is 9.53 Å². The van der Waals surface area contributed by atoms with Crippen LogP contribution >= 0.6 is 11.3 Å². The summed E-state index contributed by atoms with van der Waals surface area (Å²) >= 11 is 1.87. The number of piperidine rings is 1. The van der Waals surface area contributed by atoms with Crippen LogP contribution in [-0.4, -0.2) is 35.6 Å². The molecule has 0 bridgehead atoms. The van der Waals surface area contributed by atoms with Crippen LogP contribution in [-0.2, 0) is 35.2 Å². The maximum Gasteiger partial charge on any atom is 0.310 e. The van der Waals surface area contributed by atoms with Crippen molar-refractivity contribution in [3.63, 3.8) is 0 Å². The molecule has 1 aliphatic heterocycles. The van der Waals surface area contributed by atoms with Crippen molar-refractivity contribution in [1.82, 2.24) is 9.97 Å². The average Bonchev–Trinajstić information content (AvgIpc) is 3.03. The molecule has 1 aromatic carbocycles. The molecule has 2 aromatic heterocycles. The second-order valence-electron chi connectivity index (χ2n) is 9.23. The molecule has 1 atom stereocenters. The van der Waals surface area contributed by atoms with Crippen molar-refractivity contribution >= 4 is 33.3 Å². The van der Waals surface area contributed by atoms with Gasteiger partial charge in [0.1, 0.15) is 16.5 Å². The molecule has 5 nitrogen and oxygen atoms in total. The summed E-state index contributed by atoms with van der Waals surface area (Å²) in [6.45, 7) is 3.94. The van der Waals surface area contributed by atoms with E-state index >= 15 is 0 Å². The van der Waals surface area contributed by atoms with Crippen LogP contribution in [0.1, 0.15) is 60.9 Å². The van der Waals surface area contributed by atoms with Crippen molar-refractivity contribution in [3.8, 4) is 0 Å². The Hall–Kier alpha value is -2.47. The lowest BCUT2D eigenvalue weighted by Crippen LogP contribution is -2.40. The van der Waals surface area contributed by atoms with Crippen molar-refractivity contribution in [2.24, 2.45) is 5.92 Å². The van der Waals surface area contributed by atoms with Crippen LogP contribution in [0.5, 0.6) is 0 Å². The van der Waals surface area contributed by atoms with E-state index in [0.717, 1.165) is 61.5 Å². The van der Waals surface area contributed by atoms with Crippen LogP contribution in [0.3, 0.4) is 0 Å². The van der Waals surface area contributed by atoms with Crippen molar-refractivity contribution in [1.29, 1.82) is 0 Å². The second kappa shape index (κ2) is 10.2. The third-order valence-corrected chi connectivity index (χ3v) is 8.10. The van der Waals surface area contributed by atoms with Gasteiger partial charge in [0.15, 0.2) is 0 Å². The molecule has 3 aromatic rings. The average molecular weight is 464 g/mol. The van der Waals surface area contributed by atoms with Crippen molar-refractivity contribution in [3.05, 3.63) is 52.2 Å². The van der Waals surface area contributed by atoms with E-state index in [4.69, 9.17) is 14.7 Å². The highest BCUT2D eigenvalue weighted by Crippen LogP contribution is 2.40. The van der Waals surface area contributed by atoms with E-state index in [1.165, 1.54) is 40.7 Å². The zero-order chi connectivity index (χ0) is 22.6. The van der Waals surface area contributed by atoms with E-state index in [2.05, 4.69) is 35.2 Å². The zero-order valence-corrected chi connectivity index (χ0v) is 20.3. The quantitative estimate of drug-likeness (QED) is 0.356. The third-order valence-electron chi connectivity index (χ3n) is 6.91. The van der Waals surface area contributed by atoms with Gasteiger partial charge in [0.05, 0.1) is 17.9 Å². The number of esters is 1. The fraction of sp³-hybridized carbons (Fsp3) is 0.519. The SMILES string of the molecule is CCOC(=O)[C@H]1CCCN(c2nc(CCc3ccccc3)nc3sc4c(c23)CCCCC4)C1. The van der Waals surface area contributed by atoms with Gasteiger partial charge in [0, 0.05) is 24.4 Å². The summed E-state index contributed by atoms with van der Waals surface area (Å²) < 4.78 is 5.36. The number of aromatic nitrogens is 2. The summed E-state index contributed by atoms with van der Waals surface area (Å²) in [7, 11) is 0. The summed E-state index contributed by atoms with van der Waals surface area (Å²) in [6, 6.07) is 10.6. The first-order valence-corrected chi connectivity index (χ1v) is 13.3. The second-order valence-corrected chi connectivity index (χ2v) is 10.3. The number of benzene rings is 1. The number of rotatable bonds is 6. The molecule has 0 spiro atoms. The highest BCUT2D eigenvalue weighted by molar-refractivity contribution is 7.19. The van der Waals surface area contributed by atoms with E-state index in [-0.39, 0.29) is 11.9 Å². The Bertz CT molecular complexity index is 1110. The number of anilines is 1. The molecule has 33 heavy (non-hydrogen) atoms. The smallest absolute Gasteiger partial charge is 0.310 e. The molecule has 0 unspecified atom stereocenters. The monoisotopic (exact) mass is 463 g/mol.